The van der Waals surface area contributed by atoms with Gasteiger partial charge in [-0.25, -0.2) is 0 Å². The minimum atomic E-state index is 0.822. The third-order valence-corrected chi connectivity index (χ3v) is 3.22. The van der Waals surface area contributed by atoms with Crippen LogP contribution in [0.1, 0.15) is 24.5 Å². The monoisotopic (exact) mass is 254 g/mol. The topological polar surface area (TPSA) is 29.3 Å². The zero-order valence-corrected chi connectivity index (χ0v) is 11.8. The Bertz CT molecular complexity index is 517. The van der Waals surface area contributed by atoms with Crippen molar-refractivity contribution in [3.63, 3.8) is 0 Å². The Morgan fingerprint density at radius 3 is 2.42 bits per heavy atom. The molecule has 0 amide bonds. The van der Waals surface area contributed by atoms with Gasteiger partial charge < -0.3 is 10.6 Å². The Labute approximate surface area is 115 Å². The summed E-state index contributed by atoms with van der Waals surface area (Å²) in [7, 11) is 0. The molecule has 0 radical (unpaired) electrons. The lowest BCUT2D eigenvalue weighted by molar-refractivity contribution is 0.767. The van der Waals surface area contributed by atoms with E-state index in [9.17, 15) is 0 Å². The number of hydrogen-bond donors (Lipinski definition) is 1. The van der Waals surface area contributed by atoms with Crippen LogP contribution in [0.4, 0.5) is 11.4 Å². The lowest BCUT2D eigenvalue weighted by atomic mass is 10.1. The molecule has 2 aromatic rings. The summed E-state index contributed by atoms with van der Waals surface area (Å²) in [4.78, 5) is 2.38. The van der Waals surface area contributed by atoms with Crippen LogP contribution in [0.5, 0.6) is 0 Å². The molecule has 0 aliphatic carbocycles. The Morgan fingerprint density at radius 2 is 1.79 bits per heavy atom. The minimum Gasteiger partial charge on any atom is -0.399 e. The van der Waals surface area contributed by atoms with Crippen molar-refractivity contribution < 1.29 is 0 Å². The average molecular weight is 254 g/mol. The number of nitrogens with two attached hydrogens (primary N) is 1. The molecule has 0 atom stereocenters. The van der Waals surface area contributed by atoms with Gasteiger partial charge >= 0.3 is 0 Å². The molecular formula is C17H22N2. The Morgan fingerprint density at radius 1 is 1.05 bits per heavy atom. The maximum atomic E-state index is 5.88. The van der Waals surface area contributed by atoms with E-state index in [2.05, 4.69) is 49.1 Å². The quantitative estimate of drug-likeness (QED) is 0.817. The second kappa shape index (κ2) is 6.28. The molecule has 0 spiro atoms. The highest BCUT2D eigenvalue weighted by Crippen LogP contribution is 2.20. The van der Waals surface area contributed by atoms with Crippen molar-refractivity contribution in [2.75, 3.05) is 17.2 Å². The summed E-state index contributed by atoms with van der Waals surface area (Å²) in [6, 6.07) is 16.8. The van der Waals surface area contributed by atoms with Crippen LogP contribution in [0.15, 0.2) is 48.5 Å². The van der Waals surface area contributed by atoms with Crippen LogP contribution in [0, 0.1) is 6.92 Å². The van der Waals surface area contributed by atoms with Crippen LogP contribution in [-0.4, -0.2) is 6.54 Å². The Kier molecular flexibility index (Phi) is 4.45. The lowest BCUT2D eigenvalue weighted by Crippen LogP contribution is -2.23. The van der Waals surface area contributed by atoms with Crippen LogP contribution >= 0.6 is 0 Å². The molecule has 0 heterocycles. The summed E-state index contributed by atoms with van der Waals surface area (Å²) in [5, 5.41) is 0. The molecule has 0 saturated carbocycles. The van der Waals surface area contributed by atoms with Crippen LogP contribution in [0.25, 0.3) is 0 Å². The number of anilines is 2. The summed E-state index contributed by atoms with van der Waals surface area (Å²) in [5.41, 5.74) is 10.5. The fraction of sp³-hybridized carbons (Fsp3) is 0.294. The number of nitrogens with zero attached hydrogens (tertiary/aromatic N) is 1. The van der Waals surface area contributed by atoms with Crippen LogP contribution < -0.4 is 10.6 Å². The number of benzene rings is 2. The van der Waals surface area contributed by atoms with Crippen molar-refractivity contribution in [3.8, 4) is 0 Å². The SMILES string of the molecule is CCCN(Cc1ccc(C)cc1)c1cccc(N)c1. The highest BCUT2D eigenvalue weighted by Gasteiger charge is 2.06. The Hall–Kier alpha value is -1.96. The number of rotatable bonds is 5. The van der Waals surface area contributed by atoms with E-state index in [0.29, 0.717) is 0 Å². The van der Waals surface area contributed by atoms with E-state index in [-0.39, 0.29) is 0 Å². The van der Waals surface area contributed by atoms with Crippen LogP contribution in [0.2, 0.25) is 0 Å². The van der Waals surface area contributed by atoms with E-state index in [4.69, 9.17) is 5.73 Å². The van der Waals surface area contributed by atoms with Gasteiger partial charge in [0.05, 0.1) is 0 Å². The summed E-state index contributed by atoms with van der Waals surface area (Å²) < 4.78 is 0. The molecule has 2 heteroatoms. The minimum absolute atomic E-state index is 0.822. The molecule has 2 aromatic carbocycles. The molecule has 100 valence electrons. The van der Waals surface area contributed by atoms with E-state index in [1.54, 1.807) is 0 Å². The highest BCUT2D eigenvalue weighted by atomic mass is 15.1. The fourth-order valence-corrected chi connectivity index (χ4v) is 2.20. The van der Waals surface area contributed by atoms with Crippen molar-refractivity contribution >= 4 is 11.4 Å². The summed E-state index contributed by atoms with van der Waals surface area (Å²) >= 11 is 0. The first-order valence-corrected chi connectivity index (χ1v) is 6.85. The second-order valence-electron chi connectivity index (χ2n) is 5.00. The van der Waals surface area contributed by atoms with Gasteiger partial charge in [-0.2, -0.15) is 0 Å². The van der Waals surface area contributed by atoms with E-state index in [1.165, 1.54) is 16.8 Å². The molecule has 0 unspecified atom stereocenters. The molecule has 0 aliphatic rings. The normalized spacial score (nSPS) is 10.4. The molecular weight excluding hydrogens is 232 g/mol. The number of aryl methyl sites for hydroxylation is 1. The fourth-order valence-electron chi connectivity index (χ4n) is 2.20. The lowest BCUT2D eigenvalue weighted by Gasteiger charge is -2.25. The summed E-state index contributed by atoms with van der Waals surface area (Å²) in [6.45, 7) is 6.29. The van der Waals surface area contributed by atoms with Gasteiger partial charge in [-0.3, -0.25) is 0 Å². The Balaban J connectivity index is 2.18. The van der Waals surface area contributed by atoms with E-state index >= 15 is 0 Å². The molecule has 19 heavy (non-hydrogen) atoms. The number of nitrogen functional groups attached to an aromatic ring is 1. The van der Waals surface area contributed by atoms with Gasteiger partial charge in [-0.05, 0) is 37.1 Å². The maximum absolute atomic E-state index is 5.88. The highest BCUT2D eigenvalue weighted by molar-refractivity contribution is 5.56. The molecule has 2 nitrogen and oxygen atoms in total. The molecule has 0 saturated heterocycles. The van der Waals surface area contributed by atoms with Gasteiger partial charge in [0.2, 0.25) is 0 Å². The zero-order chi connectivity index (χ0) is 13.7. The van der Waals surface area contributed by atoms with Crippen LogP contribution in [0.3, 0.4) is 0 Å². The first-order valence-electron chi connectivity index (χ1n) is 6.85. The van der Waals surface area contributed by atoms with Gasteiger partial charge in [0.1, 0.15) is 0 Å². The third kappa shape index (κ3) is 3.75. The first-order chi connectivity index (χ1) is 9.19. The predicted molar refractivity (Wildman–Crippen MR) is 83.4 cm³/mol. The van der Waals surface area contributed by atoms with Crippen molar-refractivity contribution in [3.05, 3.63) is 59.7 Å². The zero-order valence-electron chi connectivity index (χ0n) is 11.8. The average Bonchev–Trinajstić information content (AvgIpc) is 2.41. The van der Waals surface area contributed by atoms with Crippen molar-refractivity contribution in [2.24, 2.45) is 0 Å². The van der Waals surface area contributed by atoms with E-state index in [0.717, 1.165) is 25.2 Å². The molecule has 2 rings (SSSR count). The second-order valence-corrected chi connectivity index (χ2v) is 5.00. The van der Waals surface area contributed by atoms with Gasteiger partial charge in [0.25, 0.3) is 0 Å². The third-order valence-electron chi connectivity index (χ3n) is 3.22. The van der Waals surface area contributed by atoms with E-state index in [1.807, 2.05) is 18.2 Å². The van der Waals surface area contributed by atoms with Gasteiger partial charge in [-0.15, -0.1) is 0 Å². The molecule has 0 aliphatic heterocycles. The summed E-state index contributed by atoms with van der Waals surface area (Å²) in [6.07, 6.45) is 1.13. The standard InChI is InChI=1S/C17H22N2/c1-3-11-19(17-6-4-5-16(18)12-17)13-15-9-7-14(2)8-10-15/h4-10,12H,3,11,13,18H2,1-2H3. The maximum Gasteiger partial charge on any atom is 0.0429 e. The van der Waals surface area contributed by atoms with Crippen LogP contribution in [-0.2, 0) is 6.54 Å². The molecule has 0 bridgehead atoms. The number of hydrogen-bond acceptors (Lipinski definition) is 2. The molecule has 0 fully saturated rings. The van der Waals surface area contributed by atoms with Gasteiger partial charge in [0.15, 0.2) is 0 Å². The van der Waals surface area contributed by atoms with Crippen molar-refractivity contribution in [1.29, 1.82) is 0 Å². The summed E-state index contributed by atoms with van der Waals surface area (Å²) in [5.74, 6) is 0. The molecule has 2 N–H and O–H groups in total. The predicted octanol–water partition coefficient (Wildman–Crippen LogP) is 3.99. The van der Waals surface area contributed by atoms with Gasteiger partial charge in [0, 0.05) is 24.5 Å². The van der Waals surface area contributed by atoms with Crippen molar-refractivity contribution in [1.82, 2.24) is 0 Å². The van der Waals surface area contributed by atoms with Crippen molar-refractivity contribution in [2.45, 2.75) is 26.8 Å². The smallest absolute Gasteiger partial charge is 0.0429 e. The van der Waals surface area contributed by atoms with Gasteiger partial charge in [-0.1, -0.05) is 42.8 Å². The largest absolute Gasteiger partial charge is 0.399 e. The molecule has 0 aromatic heterocycles. The van der Waals surface area contributed by atoms with E-state index < -0.39 is 0 Å². The first kappa shape index (κ1) is 13.5.